The van der Waals surface area contributed by atoms with E-state index in [-0.39, 0.29) is 14.9 Å². The van der Waals surface area contributed by atoms with Gasteiger partial charge in [-0.2, -0.15) is 8.75 Å². The van der Waals surface area contributed by atoms with Crippen molar-refractivity contribution in [2.75, 3.05) is 4.72 Å². The van der Waals surface area contributed by atoms with Crippen molar-refractivity contribution in [1.29, 1.82) is 0 Å². The summed E-state index contributed by atoms with van der Waals surface area (Å²) in [7, 11) is -3.73. The number of benzene rings is 1. The van der Waals surface area contributed by atoms with Crippen LogP contribution in [0.1, 0.15) is 4.88 Å². The summed E-state index contributed by atoms with van der Waals surface area (Å²) in [4.78, 5) is 0.787. The minimum Gasteiger partial charge on any atom is -0.326 e. The number of sulfonamides is 1. The van der Waals surface area contributed by atoms with Crippen LogP contribution in [0.2, 0.25) is 5.02 Å². The molecule has 0 radical (unpaired) electrons. The first-order valence-corrected chi connectivity index (χ1v) is 9.14. The van der Waals surface area contributed by atoms with E-state index < -0.39 is 10.0 Å². The lowest BCUT2D eigenvalue weighted by molar-refractivity contribution is 0.603. The Kier molecular flexibility index (Phi) is 3.84. The molecule has 3 aromatic rings. The summed E-state index contributed by atoms with van der Waals surface area (Å²) < 4.78 is 35.6. The molecule has 110 valence electrons. The van der Waals surface area contributed by atoms with Crippen molar-refractivity contribution in [2.24, 2.45) is 5.73 Å². The van der Waals surface area contributed by atoms with Crippen molar-refractivity contribution in [3.63, 3.8) is 0 Å². The second-order valence-corrected chi connectivity index (χ2v) is 8.10. The highest BCUT2D eigenvalue weighted by Crippen LogP contribution is 2.32. The molecule has 0 saturated heterocycles. The molecule has 0 atom stereocenters. The fraction of sp³-hybridized carbons (Fsp3) is 0.0909. The average molecular weight is 361 g/mol. The highest BCUT2D eigenvalue weighted by atomic mass is 35.5. The van der Waals surface area contributed by atoms with Crippen LogP contribution in [0, 0.1) is 0 Å². The highest BCUT2D eigenvalue weighted by Gasteiger charge is 2.20. The number of aromatic nitrogens is 2. The number of nitrogens with one attached hydrogen (secondary N) is 1. The van der Waals surface area contributed by atoms with Gasteiger partial charge in [0.05, 0.1) is 22.4 Å². The normalized spacial score (nSPS) is 11.9. The Morgan fingerprint density at radius 1 is 1.24 bits per heavy atom. The lowest BCUT2D eigenvalue weighted by atomic mass is 10.3. The Morgan fingerprint density at radius 3 is 2.76 bits per heavy atom. The smallest absolute Gasteiger partial charge is 0.271 e. The van der Waals surface area contributed by atoms with Gasteiger partial charge in [-0.25, -0.2) is 8.42 Å². The Morgan fingerprint density at radius 2 is 2.05 bits per heavy atom. The molecule has 0 fully saturated rings. The third kappa shape index (κ3) is 2.74. The molecule has 0 aliphatic rings. The minimum absolute atomic E-state index is 0.180. The molecular weight excluding hydrogens is 352 g/mol. The molecule has 3 N–H and O–H groups in total. The molecule has 0 spiro atoms. The maximum absolute atomic E-state index is 12.4. The summed E-state index contributed by atoms with van der Waals surface area (Å²) in [6.07, 6.45) is 0. The van der Waals surface area contributed by atoms with Crippen molar-refractivity contribution >= 4 is 61.4 Å². The van der Waals surface area contributed by atoms with Crippen LogP contribution < -0.4 is 10.5 Å². The molecule has 0 amide bonds. The van der Waals surface area contributed by atoms with E-state index in [0.29, 0.717) is 17.6 Å². The topological polar surface area (TPSA) is 98.0 Å². The van der Waals surface area contributed by atoms with Gasteiger partial charge < -0.3 is 5.73 Å². The summed E-state index contributed by atoms with van der Waals surface area (Å²) >= 11 is 8.20. The summed E-state index contributed by atoms with van der Waals surface area (Å²) in [5.41, 5.74) is 6.77. The van der Waals surface area contributed by atoms with Crippen LogP contribution in [-0.2, 0) is 16.6 Å². The van der Waals surface area contributed by atoms with Gasteiger partial charge in [-0.15, -0.1) is 11.3 Å². The van der Waals surface area contributed by atoms with Crippen molar-refractivity contribution in [3.8, 4) is 0 Å². The summed E-state index contributed by atoms with van der Waals surface area (Å²) in [5.74, 6) is 0. The number of fused-ring (bicyclic) bond motifs is 1. The van der Waals surface area contributed by atoms with Gasteiger partial charge in [0.25, 0.3) is 10.0 Å². The Labute approximate surface area is 133 Å². The molecular formula is C11H9ClN4O2S3. The zero-order valence-electron chi connectivity index (χ0n) is 10.4. The van der Waals surface area contributed by atoms with E-state index in [4.69, 9.17) is 17.3 Å². The Bertz CT molecular complexity index is 903. The first-order valence-electron chi connectivity index (χ1n) is 5.73. The molecule has 0 unspecified atom stereocenters. The number of hydrogen-bond donors (Lipinski definition) is 2. The summed E-state index contributed by atoms with van der Waals surface area (Å²) in [6, 6.07) is 6.48. The van der Waals surface area contributed by atoms with Crippen LogP contribution in [-0.4, -0.2) is 17.2 Å². The zero-order valence-corrected chi connectivity index (χ0v) is 13.6. The first kappa shape index (κ1) is 14.7. The van der Waals surface area contributed by atoms with Gasteiger partial charge in [0, 0.05) is 11.4 Å². The van der Waals surface area contributed by atoms with Gasteiger partial charge in [-0.3, -0.25) is 4.72 Å². The monoisotopic (exact) mass is 360 g/mol. The molecule has 21 heavy (non-hydrogen) atoms. The van der Waals surface area contributed by atoms with Gasteiger partial charge in [0.2, 0.25) is 0 Å². The maximum atomic E-state index is 12.4. The van der Waals surface area contributed by atoms with Gasteiger partial charge in [-0.05, 0) is 24.3 Å². The van der Waals surface area contributed by atoms with Crippen LogP contribution in [0.15, 0.2) is 28.5 Å². The number of anilines is 1. The average Bonchev–Trinajstić information content (AvgIpc) is 3.10. The van der Waals surface area contributed by atoms with Crippen LogP contribution in [0.25, 0.3) is 11.0 Å². The predicted octanol–water partition coefficient (Wildman–Crippen LogP) is 2.67. The van der Waals surface area contributed by atoms with Crippen LogP contribution in [0.3, 0.4) is 0 Å². The van der Waals surface area contributed by atoms with Gasteiger partial charge in [0.1, 0.15) is 15.2 Å². The van der Waals surface area contributed by atoms with Gasteiger partial charge in [-0.1, -0.05) is 11.6 Å². The molecule has 0 saturated carbocycles. The zero-order chi connectivity index (χ0) is 15.0. The molecule has 2 heterocycles. The molecule has 3 rings (SSSR count). The van der Waals surface area contributed by atoms with Crippen LogP contribution in [0.5, 0.6) is 0 Å². The van der Waals surface area contributed by atoms with E-state index in [9.17, 15) is 8.42 Å². The van der Waals surface area contributed by atoms with Crippen LogP contribution >= 0.6 is 34.7 Å². The molecule has 6 nitrogen and oxygen atoms in total. The summed E-state index contributed by atoms with van der Waals surface area (Å²) in [5, 5.41) is 0.273. The molecule has 2 aromatic heterocycles. The first-order chi connectivity index (χ1) is 10.0. The SMILES string of the molecule is NCc1ccc(S(=O)(=O)Nc2c(Cl)ccc3nsnc23)s1. The molecule has 0 bridgehead atoms. The quantitative estimate of drug-likeness (QED) is 0.745. The van der Waals surface area contributed by atoms with Crippen molar-refractivity contribution < 1.29 is 8.42 Å². The van der Waals surface area contributed by atoms with Crippen LogP contribution in [0.4, 0.5) is 5.69 Å². The minimum atomic E-state index is -3.73. The number of thiophene rings is 1. The second-order valence-electron chi connectivity index (χ2n) is 4.08. The van der Waals surface area contributed by atoms with E-state index >= 15 is 0 Å². The number of nitrogens with zero attached hydrogens (tertiary/aromatic N) is 2. The van der Waals surface area contributed by atoms with E-state index in [1.165, 1.54) is 6.07 Å². The second kappa shape index (κ2) is 5.50. The largest absolute Gasteiger partial charge is 0.326 e. The lowest BCUT2D eigenvalue weighted by Gasteiger charge is -2.08. The highest BCUT2D eigenvalue weighted by molar-refractivity contribution is 7.94. The number of rotatable bonds is 4. The number of nitrogens with two attached hydrogens (primary N) is 1. The van der Waals surface area contributed by atoms with E-state index in [1.807, 2.05) is 0 Å². The van der Waals surface area contributed by atoms with Crippen molar-refractivity contribution in [2.45, 2.75) is 10.8 Å². The Hall–Kier alpha value is -1.26. The fourth-order valence-corrected chi connectivity index (χ4v) is 4.84. The molecule has 0 aliphatic carbocycles. The van der Waals surface area contributed by atoms with Crippen molar-refractivity contribution in [1.82, 2.24) is 8.75 Å². The van der Waals surface area contributed by atoms with Crippen molar-refractivity contribution in [3.05, 3.63) is 34.2 Å². The summed E-state index contributed by atoms with van der Waals surface area (Å²) in [6.45, 7) is 0.298. The standard InChI is InChI=1S/C11H9ClN4O2S3/c12-7-2-3-8-11(15-20-14-8)10(7)16-21(17,18)9-4-1-6(5-13)19-9/h1-4,16H,5,13H2. The molecule has 1 aromatic carbocycles. The molecule has 10 heteroatoms. The third-order valence-electron chi connectivity index (χ3n) is 2.72. The van der Waals surface area contributed by atoms with E-state index in [2.05, 4.69) is 13.5 Å². The molecule has 0 aliphatic heterocycles. The Balaban J connectivity index is 2.04. The van der Waals surface area contributed by atoms with Gasteiger partial charge >= 0.3 is 0 Å². The van der Waals surface area contributed by atoms with E-state index in [0.717, 1.165) is 27.9 Å². The number of hydrogen-bond acceptors (Lipinski definition) is 7. The van der Waals surface area contributed by atoms with Gasteiger partial charge in [0.15, 0.2) is 0 Å². The predicted molar refractivity (Wildman–Crippen MR) is 85.4 cm³/mol. The number of halogens is 1. The van der Waals surface area contributed by atoms with E-state index in [1.54, 1.807) is 18.2 Å². The fourth-order valence-electron chi connectivity index (χ4n) is 1.72. The maximum Gasteiger partial charge on any atom is 0.271 e. The third-order valence-corrected chi connectivity index (χ3v) is 6.52. The lowest BCUT2D eigenvalue weighted by Crippen LogP contribution is -2.12.